The van der Waals surface area contributed by atoms with Crippen molar-refractivity contribution in [1.29, 1.82) is 0 Å². The predicted molar refractivity (Wildman–Crippen MR) is 162 cm³/mol. The second kappa shape index (κ2) is 14.1. The molecule has 8 heteroatoms. The molecule has 0 aliphatic rings. The largest absolute Gasteiger partial charge is 0.493 e. The molecule has 2 amide bonds. The lowest BCUT2D eigenvalue weighted by Gasteiger charge is -2.13. The van der Waals surface area contributed by atoms with Gasteiger partial charge in [0.2, 0.25) is 0 Å². The van der Waals surface area contributed by atoms with Crippen molar-refractivity contribution in [3.63, 3.8) is 0 Å². The highest BCUT2D eigenvalue weighted by molar-refractivity contribution is 6.05. The lowest BCUT2D eigenvalue weighted by Crippen LogP contribution is -2.32. The van der Waals surface area contributed by atoms with Gasteiger partial charge in [-0.3, -0.25) is 9.59 Å². The molecule has 0 aromatic heterocycles. The van der Waals surface area contributed by atoms with E-state index < -0.39 is 11.8 Å². The third-order valence-electron chi connectivity index (χ3n) is 6.05. The van der Waals surface area contributed by atoms with Gasteiger partial charge < -0.3 is 19.7 Å². The first-order valence-corrected chi connectivity index (χ1v) is 13.0. The maximum absolute atomic E-state index is 13.1. The van der Waals surface area contributed by atoms with Gasteiger partial charge in [0.15, 0.2) is 11.5 Å². The molecule has 0 spiro atoms. The molecule has 0 aliphatic carbocycles. The van der Waals surface area contributed by atoms with Crippen molar-refractivity contribution in [2.24, 2.45) is 5.10 Å². The van der Waals surface area contributed by atoms with Gasteiger partial charge in [0, 0.05) is 25.3 Å². The van der Waals surface area contributed by atoms with Crippen molar-refractivity contribution in [1.82, 2.24) is 10.7 Å². The average Bonchev–Trinajstić information content (AvgIpc) is 3.01. The molecule has 208 valence electrons. The Bertz CT molecular complexity index is 1520. The summed E-state index contributed by atoms with van der Waals surface area (Å²) in [6.07, 6.45) is 3.09. The Kier molecular flexibility index (Phi) is 9.87. The summed E-state index contributed by atoms with van der Waals surface area (Å²) < 4.78 is 11.4. The lowest BCUT2D eigenvalue weighted by atomic mass is 10.1. The predicted octanol–water partition coefficient (Wildman–Crippen LogP) is 5.26. The highest BCUT2D eigenvalue weighted by Gasteiger charge is 2.14. The number of amides is 2. The van der Waals surface area contributed by atoms with E-state index >= 15 is 0 Å². The summed E-state index contributed by atoms with van der Waals surface area (Å²) in [6, 6.07) is 31.5. The van der Waals surface area contributed by atoms with Crippen LogP contribution in [0.15, 0.2) is 114 Å². The van der Waals surface area contributed by atoms with Crippen LogP contribution < -0.4 is 25.1 Å². The summed E-state index contributed by atoms with van der Waals surface area (Å²) in [7, 11) is 5.45. The number of carbonyl (C=O) groups excluding carboxylic acids is 2. The number of hydrogen-bond acceptors (Lipinski definition) is 6. The fourth-order valence-corrected chi connectivity index (χ4v) is 3.82. The van der Waals surface area contributed by atoms with Gasteiger partial charge in [-0.05, 0) is 65.2 Å². The minimum atomic E-state index is -0.572. The van der Waals surface area contributed by atoms with Crippen molar-refractivity contribution in [2.75, 3.05) is 26.1 Å². The monoisotopic (exact) mass is 548 g/mol. The first kappa shape index (κ1) is 28.6. The van der Waals surface area contributed by atoms with Crippen LogP contribution in [0.4, 0.5) is 5.69 Å². The van der Waals surface area contributed by atoms with Gasteiger partial charge >= 0.3 is 0 Å². The van der Waals surface area contributed by atoms with Crippen LogP contribution in [0.3, 0.4) is 0 Å². The number of benzene rings is 4. The minimum absolute atomic E-state index is 0.0517. The second-order valence-corrected chi connectivity index (χ2v) is 9.25. The van der Waals surface area contributed by atoms with E-state index in [9.17, 15) is 9.59 Å². The van der Waals surface area contributed by atoms with Crippen LogP contribution in [0.1, 0.15) is 27.0 Å². The highest BCUT2D eigenvalue weighted by atomic mass is 16.5. The number of carbonyl (C=O) groups is 2. The summed E-state index contributed by atoms with van der Waals surface area (Å²) in [4.78, 5) is 27.9. The van der Waals surface area contributed by atoms with E-state index in [1.54, 1.807) is 55.7 Å². The summed E-state index contributed by atoms with van der Waals surface area (Å²) in [5.41, 5.74) is 6.47. The molecule has 0 aliphatic heterocycles. The van der Waals surface area contributed by atoms with Crippen molar-refractivity contribution < 1.29 is 19.1 Å². The van der Waals surface area contributed by atoms with Crippen molar-refractivity contribution in [3.05, 3.63) is 131 Å². The van der Waals surface area contributed by atoms with E-state index in [0.717, 1.165) is 16.8 Å². The van der Waals surface area contributed by atoms with E-state index in [2.05, 4.69) is 15.8 Å². The van der Waals surface area contributed by atoms with Crippen LogP contribution in [0, 0.1) is 0 Å². The van der Waals surface area contributed by atoms with Gasteiger partial charge in [0.1, 0.15) is 12.3 Å². The number of hydrogen-bond donors (Lipinski definition) is 2. The molecule has 0 saturated carbocycles. The zero-order chi connectivity index (χ0) is 29.0. The summed E-state index contributed by atoms with van der Waals surface area (Å²) in [6.45, 7) is 0.405. The molecule has 0 heterocycles. The topological polar surface area (TPSA) is 92.3 Å². The van der Waals surface area contributed by atoms with Crippen LogP contribution in [-0.2, 0) is 11.4 Å². The molecular weight excluding hydrogens is 516 g/mol. The SMILES string of the molecule is COc1cc(/C=N\NC(=O)/C(=C\c2ccc(N(C)C)cc2)NC(=O)c2ccccc2)ccc1OCc1ccccc1. The van der Waals surface area contributed by atoms with E-state index in [4.69, 9.17) is 9.47 Å². The maximum atomic E-state index is 13.1. The molecule has 0 fully saturated rings. The van der Waals surface area contributed by atoms with Crippen LogP contribution in [0.25, 0.3) is 6.08 Å². The van der Waals surface area contributed by atoms with Crippen molar-refractivity contribution in [3.8, 4) is 11.5 Å². The molecule has 4 aromatic carbocycles. The first-order valence-electron chi connectivity index (χ1n) is 13.0. The summed E-state index contributed by atoms with van der Waals surface area (Å²) in [5, 5.41) is 6.81. The highest BCUT2D eigenvalue weighted by Crippen LogP contribution is 2.28. The Hall–Kier alpha value is -5.37. The van der Waals surface area contributed by atoms with Gasteiger partial charge in [-0.15, -0.1) is 0 Å². The fourth-order valence-electron chi connectivity index (χ4n) is 3.82. The van der Waals surface area contributed by atoms with Crippen LogP contribution in [0.2, 0.25) is 0 Å². The smallest absolute Gasteiger partial charge is 0.287 e. The second-order valence-electron chi connectivity index (χ2n) is 9.25. The Morgan fingerprint density at radius 1 is 0.829 bits per heavy atom. The Balaban J connectivity index is 1.47. The third kappa shape index (κ3) is 8.31. The Morgan fingerprint density at radius 2 is 1.49 bits per heavy atom. The standard InChI is InChI=1S/C33H32N4O4/c1-37(2)28-17-14-24(15-18-28)20-29(35-32(38)27-12-8-5-9-13-27)33(39)36-34-22-26-16-19-30(31(21-26)40-3)41-23-25-10-6-4-7-11-25/h4-22H,23H2,1-3H3,(H,35,38)(H,36,39)/b29-20+,34-22-. The van der Waals surface area contributed by atoms with Crippen molar-refractivity contribution >= 4 is 29.8 Å². The number of anilines is 1. The van der Waals surface area contributed by atoms with Crippen LogP contribution >= 0.6 is 0 Å². The zero-order valence-corrected chi connectivity index (χ0v) is 23.2. The zero-order valence-electron chi connectivity index (χ0n) is 23.2. The van der Waals surface area contributed by atoms with Crippen LogP contribution in [-0.4, -0.2) is 39.2 Å². The molecule has 0 unspecified atom stereocenters. The molecule has 41 heavy (non-hydrogen) atoms. The molecular formula is C33H32N4O4. The average molecular weight is 549 g/mol. The number of nitrogens with zero attached hydrogens (tertiary/aromatic N) is 2. The van der Waals surface area contributed by atoms with Gasteiger partial charge in [0.25, 0.3) is 11.8 Å². The first-order chi connectivity index (χ1) is 19.9. The molecule has 0 atom stereocenters. The van der Waals surface area contributed by atoms with Gasteiger partial charge in [0.05, 0.1) is 13.3 Å². The fraction of sp³-hybridized carbons (Fsp3) is 0.121. The van der Waals surface area contributed by atoms with Gasteiger partial charge in [-0.1, -0.05) is 60.7 Å². The molecule has 4 aromatic rings. The number of hydrazone groups is 1. The number of nitrogens with one attached hydrogen (secondary N) is 2. The number of ether oxygens (including phenoxy) is 2. The van der Waals surface area contributed by atoms with Crippen LogP contribution in [0.5, 0.6) is 11.5 Å². The van der Waals surface area contributed by atoms with Gasteiger partial charge in [-0.2, -0.15) is 5.10 Å². The molecule has 0 saturated heterocycles. The quantitative estimate of drug-likeness (QED) is 0.152. The maximum Gasteiger partial charge on any atom is 0.287 e. The van der Waals surface area contributed by atoms with Crippen molar-refractivity contribution in [2.45, 2.75) is 6.61 Å². The Morgan fingerprint density at radius 3 is 2.15 bits per heavy atom. The molecule has 8 nitrogen and oxygen atoms in total. The summed E-state index contributed by atoms with van der Waals surface area (Å²) in [5.74, 6) is 0.147. The van der Waals surface area contributed by atoms with E-state index in [0.29, 0.717) is 29.2 Å². The van der Waals surface area contributed by atoms with E-state index in [-0.39, 0.29) is 5.70 Å². The molecule has 4 rings (SSSR count). The van der Waals surface area contributed by atoms with E-state index in [1.807, 2.05) is 79.7 Å². The minimum Gasteiger partial charge on any atom is -0.493 e. The summed E-state index contributed by atoms with van der Waals surface area (Å²) >= 11 is 0. The molecule has 0 radical (unpaired) electrons. The molecule has 0 bridgehead atoms. The Labute approximate surface area is 239 Å². The normalized spacial score (nSPS) is 11.1. The number of methoxy groups -OCH3 is 1. The lowest BCUT2D eigenvalue weighted by molar-refractivity contribution is -0.117. The third-order valence-corrected chi connectivity index (χ3v) is 6.05. The molecule has 2 N–H and O–H groups in total. The van der Waals surface area contributed by atoms with E-state index in [1.165, 1.54) is 6.21 Å². The number of rotatable bonds is 11. The van der Waals surface area contributed by atoms with Gasteiger partial charge in [-0.25, -0.2) is 5.43 Å².